The molecule has 0 bridgehead atoms. The lowest BCUT2D eigenvalue weighted by molar-refractivity contribution is -0.242. The van der Waals surface area contributed by atoms with Gasteiger partial charge in [0, 0.05) is 11.5 Å². The van der Waals surface area contributed by atoms with Gasteiger partial charge in [-0.05, 0) is 5.92 Å². The topological polar surface area (TPSA) is 61.8 Å². The van der Waals surface area contributed by atoms with Gasteiger partial charge in [0.1, 0.15) is 0 Å². The maximum Gasteiger partial charge on any atom is 0.444 e. The van der Waals surface area contributed by atoms with E-state index >= 15 is 0 Å². The molecule has 0 saturated carbocycles. The number of methoxy groups -OCH3 is 2. The normalized spacial score (nSPS) is 13.4. The molecule has 1 unspecified atom stereocenters. The fraction of sp³-hybridized carbons (Fsp3) is 0.250. The summed E-state index contributed by atoms with van der Waals surface area (Å²) < 4.78 is 54.3. The third-order valence-corrected chi connectivity index (χ3v) is 2.76. The first-order valence-electron chi connectivity index (χ1n) is 6.42. The van der Waals surface area contributed by atoms with Crippen molar-refractivity contribution < 1.29 is 37.0 Å². The summed E-state index contributed by atoms with van der Waals surface area (Å²) in [5, 5.41) is 0. The van der Waals surface area contributed by atoms with Crippen LogP contribution in [0.15, 0.2) is 42.7 Å². The van der Waals surface area contributed by atoms with Gasteiger partial charge in [-0.25, -0.2) is 9.59 Å². The number of benzene rings is 1. The van der Waals surface area contributed by atoms with Crippen LogP contribution in [0.5, 0.6) is 0 Å². The molecule has 0 aromatic heterocycles. The number of carbonyl (C=O) groups is 2. The largest absolute Gasteiger partial charge is 0.468 e. The van der Waals surface area contributed by atoms with E-state index in [2.05, 4.69) is 9.47 Å². The molecule has 0 radical (unpaired) electrons. The summed E-state index contributed by atoms with van der Waals surface area (Å²) in [5.41, 5.74) is -3.53. The van der Waals surface area contributed by atoms with Crippen LogP contribution in [0.25, 0.3) is 0 Å². The Morgan fingerprint density at radius 2 is 1.71 bits per heavy atom. The van der Waals surface area contributed by atoms with Crippen molar-refractivity contribution in [3.05, 3.63) is 48.2 Å². The van der Waals surface area contributed by atoms with Crippen LogP contribution in [0.1, 0.15) is 5.56 Å². The lowest BCUT2D eigenvalue weighted by atomic mass is 9.93. The molecule has 1 aromatic rings. The van der Waals surface area contributed by atoms with Crippen molar-refractivity contribution in [3.63, 3.8) is 0 Å². The standard InChI is InChI=1S/C16H13F3O5/c1-22-13(20)8-10-15(16(17,18)19,12-6-4-3-5-7-12)24-11-9-14(21)23-2/h3-7,9,11H,1-2H3/b11-9+. The zero-order chi connectivity index (χ0) is 18.2. The Labute approximate surface area is 136 Å². The zero-order valence-corrected chi connectivity index (χ0v) is 12.7. The molecule has 0 N–H and O–H groups in total. The zero-order valence-electron chi connectivity index (χ0n) is 12.7. The highest BCUT2D eigenvalue weighted by Crippen LogP contribution is 2.42. The summed E-state index contributed by atoms with van der Waals surface area (Å²) in [7, 11) is 2.03. The Bertz CT molecular complexity index is 670. The lowest BCUT2D eigenvalue weighted by Crippen LogP contribution is -2.43. The van der Waals surface area contributed by atoms with Gasteiger partial charge in [-0.1, -0.05) is 30.3 Å². The van der Waals surface area contributed by atoms with Crippen molar-refractivity contribution in [3.8, 4) is 11.8 Å². The predicted octanol–water partition coefficient (Wildman–Crippen LogP) is 2.32. The van der Waals surface area contributed by atoms with E-state index in [-0.39, 0.29) is 5.56 Å². The quantitative estimate of drug-likeness (QED) is 0.276. The molecule has 24 heavy (non-hydrogen) atoms. The first kappa shape index (κ1) is 19.1. The van der Waals surface area contributed by atoms with E-state index < -0.39 is 23.7 Å². The summed E-state index contributed by atoms with van der Waals surface area (Å²) in [6, 6.07) is 6.46. The summed E-state index contributed by atoms with van der Waals surface area (Å²) in [6.45, 7) is 0. The predicted molar refractivity (Wildman–Crippen MR) is 76.2 cm³/mol. The van der Waals surface area contributed by atoms with E-state index in [0.717, 1.165) is 26.4 Å². The van der Waals surface area contributed by atoms with Gasteiger partial charge >= 0.3 is 18.1 Å². The number of hydrogen-bond donors (Lipinski definition) is 0. The lowest BCUT2D eigenvalue weighted by Gasteiger charge is -2.30. The number of rotatable bonds is 4. The highest BCUT2D eigenvalue weighted by molar-refractivity contribution is 5.88. The second-order valence-corrected chi connectivity index (χ2v) is 4.23. The Morgan fingerprint density at radius 1 is 1.08 bits per heavy atom. The SMILES string of the molecule is COC(=O)C#CC(O/C=C/C(=O)OC)(c1ccccc1)C(F)(F)F. The number of alkyl halides is 3. The highest BCUT2D eigenvalue weighted by Gasteiger charge is 2.58. The minimum Gasteiger partial charge on any atom is -0.468 e. The molecule has 0 aliphatic rings. The van der Waals surface area contributed by atoms with E-state index in [1.54, 1.807) is 11.8 Å². The van der Waals surface area contributed by atoms with Crippen LogP contribution in [-0.4, -0.2) is 32.3 Å². The number of hydrogen-bond acceptors (Lipinski definition) is 5. The van der Waals surface area contributed by atoms with Gasteiger partial charge in [-0.2, -0.15) is 13.2 Å². The Balaban J connectivity index is 3.44. The maximum atomic E-state index is 13.7. The molecular weight excluding hydrogens is 329 g/mol. The Kier molecular flexibility index (Phi) is 6.41. The maximum absolute atomic E-state index is 13.7. The van der Waals surface area contributed by atoms with Gasteiger partial charge in [-0.15, -0.1) is 0 Å². The highest BCUT2D eigenvalue weighted by atomic mass is 19.4. The monoisotopic (exact) mass is 342 g/mol. The van der Waals surface area contributed by atoms with Crippen LogP contribution in [0.4, 0.5) is 13.2 Å². The van der Waals surface area contributed by atoms with Crippen molar-refractivity contribution in [2.75, 3.05) is 14.2 Å². The first-order valence-corrected chi connectivity index (χ1v) is 6.42. The van der Waals surface area contributed by atoms with Gasteiger partial charge < -0.3 is 14.2 Å². The van der Waals surface area contributed by atoms with Crippen LogP contribution in [0, 0.1) is 11.8 Å². The van der Waals surface area contributed by atoms with Crippen molar-refractivity contribution in [2.24, 2.45) is 0 Å². The van der Waals surface area contributed by atoms with Gasteiger partial charge in [0.05, 0.1) is 26.6 Å². The molecule has 0 heterocycles. The van der Waals surface area contributed by atoms with Crippen LogP contribution in [-0.2, 0) is 29.4 Å². The van der Waals surface area contributed by atoms with Gasteiger partial charge in [0.15, 0.2) is 0 Å². The minimum absolute atomic E-state index is 0.372. The fourth-order valence-corrected chi connectivity index (χ4v) is 1.59. The third kappa shape index (κ3) is 4.52. The second kappa shape index (κ2) is 8.06. The second-order valence-electron chi connectivity index (χ2n) is 4.23. The summed E-state index contributed by atoms with van der Waals surface area (Å²) >= 11 is 0. The molecule has 0 amide bonds. The summed E-state index contributed by atoms with van der Waals surface area (Å²) in [4.78, 5) is 22.2. The molecule has 0 saturated heterocycles. The Morgan fingerprint density at radius 3 is 2.21 bits per heavy atom. The van der Waals surface area contributed by atoms with Gasteiger partial charge in [0.25, 0.3) is 5.60 Å². The van der Waals surface area contributed by atoms with Gasteiger partial charge in [0.2, 0.25) is 0 Å². The van der Waals surface area contributed by atoms with Crippen LogP contribution in [0.3, 0.4) is 0 Å². The van der Waals surface area contributed by atoms with E-state index in [4.69, 9.17) is 4.74 Å². The fourth-order valence-electron chi connectivity index (χ4n) is 1.59. The van der Waals surface area contributed by atoms with E-state index in [0.29, 0.717) is 12.3 Å². The number of halogens is 3. The summed E-state index contributed by atoms with van der Waals surface area (Å²) in [5.74, 6) is 1.40. The van der Waals surface area contributed by atoms with Crippen LogP contribution >= 0.6 is 0 Å². The molecule has 1 rings (SSSR count). The van der Waals surface area contributed by atoms with Crippen LogP contribution in [0.2, 0.25) is 0 Å². The molecule has 8 heteroatoms. The molecule has 0 aliphatic carbocycles. The number of ether oxygens (including phenoxy) is 3. The van der Waals surface area contributed by atoms with E-state index in [9.17, 15) is 22.8 Å². The smallest absolute Gasteiger partial charge is 0.444 e. The van der Waals surface area contributed by atoms with Crippen molar-refractivity contribution in [1.82, 2.24) is 0 Å². The Hall–Kier alpha value is -2.95. The van der Waals surface area contributed by atoms with Gasteiger partial charge in [-0.3, -0.25) is 0 Å². The molecule has 0 fully saturated rings. The first-order chi connectivity index (χ1) is 11.3. The summed E-state index contributed by atoms with van der Waals surface area (Å²) in [6.07, 6.45) is -3.85. The van der Waals surface area contributed by atoms with Crippen molar-refractivity contribution >= 4 is 11.9 Å². The molecule has 1 aromatic carbocycles. The van der Waals surface area contributed by atoms with Crippen molar-refractivity contribution in [2.45, 2.75) is 11.8 Å². The molecule has 1 atom stereocenters. The average molecular weight is 342 g/mol. The van der Waals surface area contributed by atoms with Crippen LogP contribution < -0.4 is 0 Å². The number of esters is 2. The van der Waals surface area contributed by atoms with Crippen molar-refractivity contribution in [1.29, 1.82) is 0 Å². The van der Waals surface area contributed by atoms with E-state index in [1.165, 1.54) is 18.2 Å². The number of carbonyl (C=O) groups excluding carboxylic acids is 2. The van der Waals surface area contributed by atoms with E-state index in [1.807, 2.05) is 0 Å². The molecule has 128 valence electrons. The molecular formula is C16H13F3O5. The molecule has 5 nitrogen and oxygen atoms in total. The third-order valence-electron chi connectivity index (χ3n) is 2.76. The average Bonchev–Trinajstić information content (AvgIpc) is 2.56. The molecule has 0 spiro atoms. The minimum atomic E-state index is -5.02. The molecule has 0 aliphatic heterocycles.